The lowest BCUT2D eigenvalue weighted by molar-refractivity contribution is 0.150. The molecule has 0 aliphatic rings. The van der Waals surface area contributed by atoms with E-state index < -0.39 is 7.60 Å². The summed E-state index contributed by atoms with van der Waals surface area (Å²) in [6.07, 6.45) is 1.21. The number of benzene rings is 1. The highest BCUT2D eigenvalue weighted by Crippen LogP contribution is 2.51. The van der Waals surface area contributed by atoms with E-state index in [-0.39, 0.29) is 12.2 Å². The topological polar surface area (TPSA) is 57.7 Å². The molecular weight excluding hydrogens is 325 g/mol. The van der Waals surface area contributed by atoms with Crippen LogP contribution in [0.3, 0.4) is 0 Å². The minimum atomic E-state index is -3.51. The van der Waals surface area contributed by atoms with Crippen molar-refractivity contribution in [1.82, 2.24) is 4.98 Å². The van der Waals surface area contributed by atoms with E-state index >= 15 is 0 Å². The number of pyridine rings is 1. The van der Waals surface area contributed by atoms with Crippen molar-refractivity contribution in [3.05, 3.63) is 42.6 Å². The van der Waals surface area contributed by atoms with Gasteiger partial charge in [0.25, 0.3) is 0 Å². The van der Waals surface area contributed by atoms with Crippen LogP contribution in [0.25, 0.3) is 11.3 Å². The molecule has 130 valence electrons. The predicted molar refractivity (Wildman–Crippen MR) is 95.9 cm³/mol. The van der Waals surface area contributed by atoms with Gasteiger partial charge in [-0.3, -0.25) is 9.55 Å². The maximum atomic E-state index is 13.5. The number of nitrogens with zero attached hydrogens (tertiary/aromatic N) is 1. The summed E-state index contributed by atoms with van der Waals surface area (Å²) in [7, 11) is -1.92. The van der Waals surface area contributed by atoms with Crippen LogP contribution in [0, 0.1) is 0 Å². The lowest BCUT2D eigenvalue weighted by Gasteiger charge is -2.25. The number of ether oxygens (including phenoxy) is 1. The van der Waals surface area contributed by atoms with E-state index in [4.69, 9.17) is 13.8 Å². The molecule has 0 aliphatic carbocycles. The molecule has 0 amide bonds. The van der Waals surface area contributed by atoms with Crippen molar-refractivity contribution in [3.8, 4) is 17.0 Å². The van der Waals surface area contributed by atoms with Crippen molar-refractivity contribution in [2.75, 3.05) is 7.11 Å². The average Bonchev–Trinajstić information content (AvgIpc) is 2.53. The van der Waals surface area contributed by atoms with Crippen molar-refractivity contribution in [2.24, 2.45) is 0 Å². The molecule has 24 heavy (non-hydrogen) atoms. The Morgan fingerprint density at radius 3 is 2.17 bits per heavy atom. The number of aromatic nitrogens is 1. The summed E-state index contributed by atoms with van der Waals surface area (Å²) in [6, 6.07) is 10.8. The first-order chi connectivity index (χ1) is 11.4. The van der Waals surface area contributed by atoms with Crippen molar-refractivity contribution in [2.45, 2.75) is 39.9 Å². The summed E-state index contributed by atoms with van der Waals surface area (Å²) in [4.78, 5) is 4.37. The van der Waals surface area contributed by atoms with Gasteiger partial charge in [-0.05, 0) is 58.0 Å². The molecule has 0 N–H and O–H groups in total. The quantitative estimate of drug-likeness (QED) is 0.692. The molecule has 0 saturated carbocycles. The first-order valence-electron chi connectivity index (χ1n) is 7.92. The van der Waals surface area contributed by atoms with Gasteiger partial charge in [0.15, 0.2) is 0 Å². The summed E-state index contributed by atoms with van der Waals surface area (Å²) in [5.74, 6) is 0.653. The zero-order valence-electron chi connectivity index (χ0n) is 14.7. The van der Waals surface area contributed by atoms with Gasteiger partial charge in [-0.15, -0.1) is 0 Å². The molecule has 6 heteroatoms. The highest BCUT2D eigenvalue weighted by atomic mass is 31.2. The number of hydrogen-bond acceptors (Lipinski definition) is 5. The van der Waals surface area contributed by atoms with Crippen LogP contribution in [-0.4, -0.2) is 24.3 Å². The summed E-state index contributed by atoms with van der Waals surface area (Å²) < 4.78 is 30.3. The van der Waals surface area contributed by atoms with E-state index in [1.807, 2.05) is 45.9 Å². The fourth-order valence-electron chi connectivity index (χ4n) is 2.30. The Balaban J connectivity index is 2.64. The van der Waals surface area contributed by atoms with Crippen LogP contribution in [0.4, 0.5) is 0 Å². The molecule has 0 atom stereocenters. The highest BCUT2D eigenvalue weighted by Gasteiger charge is 2.33. The molecule has 0 saturated heterocycles. The Morgan fingerprint density at radius 2 is 1.67 bits per heavy atom. The Hall–Kier alpha value is -1.68. The molecule has 0 spiro atoms. The van der Waals surface area contributed by atoms with Crippen LogP contribution in [-0.2, 0) is 13.6 Å². The molecule has 0 fully saturated rings. The van der Waals surface area contributed by atoms with Gasteiger partial charge in [-0.25, -0.2) is 0 Å². The second kappa shape index (κ2) is 7.93. The third kappa shape index (κ3) is 4.44. The summed E-state index contributed by atoms with van der Waals surface area (Å²) in [6.45, 7) is 7.33. The molecule has 5 nitrogen and oxygen atoms in total. The van der Waals surface area contributed by atoms with Gasteiger partial charge >= 0.3 is 7.60 Å². The minimum Gasteiger partial charge on any atom is -0.497 e. The van der Waals surface area contributed by atoms with Crippen LogP contribution >= 0.6 is 7.60 Å². The predicted octanol–water partition coefficient (Wildman–Crippen LogP) is 4.43. The molecule has 0 aliphatic heterocycles. The van der Waals surface area contributed by atoms with Crippen molar-refractivity contribution in [1.29, 1.82) is 0 Å². The fourth-order valence-corrected chi connectivity index (χ4v) is 4.42. The van der Waals surface area contributed by atoms with Gasteiger partial charge in [-0.2, -0.15) is 0 Å². The zero-order chi connectivity index (χ0) is 17.7. The van der Waals surface area contributed by atoms with E-state index in [1.165, 1.54) is 0 Å². The van der Waals surface area contributed by atoms with Gasteiger partial charge in [0, 0.05) is 11.8 Å². The van der Waals surface area contributed by atoms with Crippen molar-refractivity contribution in [3.63, 3.8) is 0 Å². The molecule has 1 aromatic carbocycles. The van der Waals surface area contributed by atoms with Gasteiger partial charge in [0.2, 0.25) is 0 Å². The Bertz CT molecular complexity index is 702. The van der Waals surface area contributed by atoms with Crippen LogP contribution in [0.1, 0.15) is 27.7 Å². The standard InChI is InChI=1S/C18H24NO4P/c1-13(2)22-24(20,23-14(3)4)18-10-9-15(21-5)12-16(18)17-8-6-7-11-19-17/h6-14H,1-5H3. The van der Waals surface area contributed by atoms with Gasteiger partial charge in [0.1, 0.15) is 5.75 Å². The number of hydrogen-bond donors (Lipinski definition) is 0. The molecule has 0 bridgehead atoms. The van der Waals surface area contributed by atoms with Crippen LogP contribution in [0.5, 0.6) is 5.75 Å². The van der Waals surface area contributed by atoms with E-state index in [1.54, 1.807) is 31.5 Å². The second-order valence-electron chi connectivity index (χ2n) is 5.90. The zero-order valence-corrected chi connectivity index (χ0v) is 15.6. The largest absolute Gasteiger partial charge is 0.497 e. The normalized spacial score (nSPS) is 12.0. The lowest BCUT2D eigenvalue weighted by atomic mass is 10.1. The minimum absolute atomic E-state index is 0.242. The summed E-state index contributed by atoms with van der Waals surface area (Å²) in [5.41, 5.74) is 1.37. The molecule has 0 unspecified atom stereocenters. The lowest BCUT2D eigenvalue weighted by Crippen LogP contribution is -2.19. The summed E-state index contributed by atoms with van der Waals surface area (Å²) in [5, 5.41) is 0.490. The van der Waals surface area contributed by atoms with Crippen LogP contribution < -0.4 is 10.0 Å². The van der Waals surface area contributed by atoms with E-state index in [0.29, 0.717) is 22.3 Å². The Morgan fingerprint density at radius 1 is 1.00 bits per heavy atom. The number of rotatable bonds is 7. The maximum Gasteiger partial charge on any atom is 0.362 e. The molecule has 2 rings (SSSR count). The van der Waals surface area contributed by atoms with Crippen LogP contribution in [0.2, 0.25) is 0 Å². The first kappa shape index (κ1) is 18.7. The van der Waals surface area contributed by atoms with Gasteiger partial charge in [-0.1, -0.05) is 6.07 Å². The van der Waals surface area contributed by atoms with Crippen molar-refractivity contribution >= 4 is 12.9 Å². The fraction of sp³-hybridized carbons (Fsp3) is 0.389. The molecule has 1 heterocycles. The van der Waals surface area contributed by atoms with Gasteiger partial charge < -0.3 is 13.8 Å². The second-order valence-corrected chi connectivity index (χ2v) is 7.80. The molecule has 1 aromatic heterocycles. The van der Waals surface area contributed by atoms with E-state index in [2.05, 4.69) is 4.98 Å². The van der Waals surface area contributed by atoms with Gasteiger partial charge in [0.05, 0.1) is 30.3 Å². The SMILES string of the molecule is COc1ccc(P(=O)(OC(C)C)OC(C)C)c(-c2ccccn2)c1. The van der Waals surface area contributed by atoms with E-state index in [9.17, 15) is 4.57 Å². The smallest absolute Gasteiger partial charge is 0.362 e. The van der Waals surface area contributed by atoms with E-state index in [0.717, 1.165) is 0 Å². The third-order valence-electron chi connectivity index (χ3n) is 3.14. The monoisotopic (exact) mass is 349 g/mol. The molecular formula is C18H24NO4P. The average molecular weight is 349 g/mol. The van der Waals surface area contributed by atoms with Crippen molar-refractivity contribution < 1.29 is 18.3 Å². The molecule has 2 aromatic rings. The van der Waals surface area contributed by atoms with Crippen LogP contribution in [0.15, 0.2) is 42.6 Å². The highest BCUT2D eigenvalue weighted by molar-refractivity contribution is 7.62. The third-order valence-corrected chi connectivity index (χ3v) is 5.52. The summed E-state index contributed by atoms with van der Waals surface area (Å²) >= 11 is 0. The maximum absolute atomic E-state index is 13.5. The Labute approximate surface area is 143 Å². The Kier molecular flexibility index (Phi) is 6.16. The molecule has 0 radical (unpaired) electrons. The number of methoxy groups -OCH3 is 1. The first-order valence-corrected chi connectivity index (χ1v) is 9.47.